The molecule has 22 heavy (non-hydrogen) atoms. The first-order valence-electron chi connectivity index (χ1n) is 8.32. The molecule has 0 aromatic heterocycles. The van der Waals surface area contributed by atoms with Crippen LogP contribution in [-0.4, -0.2) is 48.0 Å². The lowest BCUT2D eigenvalue weighted by molar-refractivity contribution is -0.142. The molecule has 0 saturated carbocycles. The Kier molecular flexibility index (Phi) is 7.94. The Bertz CT molecular complexity index is 364. The van der Waals surface area contributed by atoms with Crippen LogP contribution < -0.4 is 0 Å². The largest absolute Gasteiger partial charge is 0.469 e. The molecule has 1 atom stereocenters. The maximum atomic E-state index is 12.2. The molecule has 6 heteroatoms. The summed E-state index contributed by atoms with van der Waals surface area (Å²) < 4.78 is 4.71. The van der Waals surface area contributed by atoms with E-state index < -0.39 is 0 Å². The second-order valence-corrected chi connectivity index (χ2v) is 8.97. The summed E-state index contributed by atoms with van der Waals surface area (Å²) in [6.45, 7) is 1.60. The number of ether oxygens (including phenoxy) is 1. The molecule has 2 fully saturated rings. The number of esters is 1. The van der Waals surface area contributed by atoms with Gasteiger partial charge in [0.1, 0.15) is 0 Å². The average molecular weight is 346 g/mol. The van der Waals surface area contributed by atoms with E-state index in [1.807, 2.05) is 26.5 Å². The molecule has 2 rings (SSSR count). The Morgan fingerprint density at radius 2 is 1.95 bits per heavy atom. The van der Waals surface area contributed by atoms with Gasteiger partial charge >= 0.3 is 5.97 Å². The molecule has 0 aliphatic carbocycles. The van der Waals surface area contributed by atoms with E-state index in [1.54, 1.807) is 0 Å². The minimum atomic E-state index is -0.132. The summed E-state index contributed by atoms with van der Waals surface area (Å²) in [7, 11) is 5.44. The van der Waals surface area contributed by atoms with Crippen LogP contribution in [0.15, 0.2) is 0 Å². The van der Waals surface area contributed by atoms with Crippen molar-refractivity contribution >= 4 is 33.5 Å². The maximum Gasteiger partial charge on any atom is 0.305 e. The first-order chi connectivity index (χ1) is 10.7. The normalized spacial score (nSPS) is 22.8. The standard InChI is InChI=1S/C16H27NO3S2/c1-20-16(19)12-13-6-9-17(10-7-13)15(18)5-3-2-4-14-8-11-21-22-14/h13-14H,2-12H2,1H3/t14-/m0/s1. The van der Waals surface area contributed by atoms with E-state index in [2.05, 4.69) is 0 Å². The highest BCUT2D eigenvalue weighted by Crippen LogP contribution is 2.39. The SMILES string of the molecule is COC(=O)CC1CCN(C(=O)CCCC[C@H]2CCSS2)CC1. The molecule has 2 heterocycles. The van der Waals surface area contributed by atoms with Crippen LogP contribution in [0.25, 0.3) is 0 Å². The molecule has 0 bridgehead atoms. The summed E-state index contributed by atoms with van der Waals surface area (Å²) in [4.78, 5) is 25.5. The van der Waals surface area contributed by atoms with Crippen LogP contribution in [0.2, 0.25) is 0 Å². The predicted octanol–water partition coefficient (Wildman–Crippen LogP) is 3.50. The van der Waals surface area contributed by atoms with Gasteiger partial charge in [0.2, 0.25) is 5.91 Å². The fourth-order valence-corrected chi connectivity index (χ4v) is 6.10. The molecule has 0 radical (unpaired) electrons. The molecule has 0 unspecified atom stereocenters. The molecule has 0 spiro atoms. The zero-order valence-electron chi connectivity index (χ0n) is 13.4. The molecule has 2 saturated heterocycles. The smallest absolute Gasteiger partial charge is 0.305 e. The number of unbranched alkanes of at least 4 members (excludes halogenated alkanes) is 1. The van der Waals surface area contributed by atoms with E-state index >= 15 is 0 Å². The van der Waals surface area contributed by atoms with Crippen LogP contribution in [0, 0.1) is 5.92 Å². The second kappa shape index (κ2) is 9.71. The predicted molar refractivity (Wildman–Crippen MR) is 92.9 cm³/mol. The minimum Gasteiger partial charge on any atom is -0.469 e. The Balaban J connectivity index is 1.55. The van der Waals surface area contributed by atoms with E-state index in [0.29, 0.717) is 24.7 Å². The molecule has 0 N–H and O–H groups in total. The van der Waals surface area contributed by atoms with E-state index in [1.165, 1.54) is 32.1 Å². The lowest BCUT2D eigenvalue weighted by Crippen LogP contribution is -2.38. The van der Waals surface area contributed by atoms with Crippen LogP contribution in [-0.2, 0) is 14.3 Å². The summed E-state index contributed by atoms with van der Waals surface area (Å²) in [5.41, 5.74) is 0. The zero-order valence-corrected chi connectivity index (χ0v) is 15.1. The van der Waals surface area contributed by atoms with Crippen molar-refractivity contribution in [2.45, 2.75) is 56.6 Å². The van der Waals surface area contributed by atoms with Crippen molar-refractivity contribution in [1.82, 2.24) is 4.90 Å². The van der Waals surface area contributed by atoms with Crippen LogP contribution in [0.4, 0.5) is 0 Å². The number of hydrogen-bond donors (Lipinski definition) is 0. The third kappa shape index (κ3) is 6.03. The van der Waals surface area contributed by atoms with Crippen molar-refractivity contribution in [3.63, 3.8) is 0 Å². The minimum absolute atomic E-state index is 0.132. The van der Waals surface area contributed by atoms with Gasteiger partial charge in [0.25, 0.3) is 0 Å². The monoisotopic (exact) mass is 345 g/mol. The molecular formula is C16H27NO3S2. The van der Waals surface area contributed by atoms with Crippen molar-refractivity contribution in [2.75, 3.05) is 26.0 Å². The Morgan fingerprint density at radius 1 is 1.18 bits per heavy atom. The summed E-state index contributed by atoms with van der Waals surface area (Å²) in [5.74, 6) is 1.83. The highest BCUT2D eigenvalue weighted by atomic mass is 33.1. The van der Waals surface area contributed by atoms with Gasteiger partial charge in [-0.05, 0) is 38.0 Å². The van der Waals surface area contributed by atoms with Gasteiger partial charge in [-0.25, -0.2) is 0 Å². The van der Waals surface area contributed by atoms with E-state index in [-0.39, 0.29) is 5.97 Å². The molecule has 0 aromatic rings. The number of likely N-dealkylation sites (tertiary alicyclic amines) is 1. The van der Waals surface area contributed by atoms with Gasteiger partial charge in [-0.3, -0.25) is 9.59 Å². The van der Waals surface area contributed by atoms with Gasteiger partial charge in [-0.15, -0.1) is 0 Å². The second-order valence-electron chi connectivity index (χ2n) is 6.18. The van der Waals surface area contributed by atoms with Crippen molar-refractivity contribution in [3.8, 4) is 0 Å². The van der Waals surface area contributed by atoms with Crippen LogP contribution in [0.3, 0.4) is 0 Å². The van der Waals surface area contributed by atoms with Gasteiger partial charge in [0, 0.05) is 36.9 Å². The van der Waals surface area contributed by atoms with Gasteiger partial charge in [-0.2, -0.15) is 0 Å². The molecule has 4 nitrogen and oxygen atoms in total. The topological polar surface area (TPSA) is 46.6 Å². The number of carbonyl (C=O) groups is 2. The zero-order chi connectivity index (χ0) is 15.8. The fraction of sp³-hybridized carbons (Fsp3) is 0.875. The van der Waals surface area contributed by atoms with E-state index in [0.717, 1.165) is 37.6 Å². The van der Waals surface area contributed by atoms with Gasteiger partial charge in [-0.1, -0.05) is 28.0 Å². The number of methoxy groups -OCH3 is 1. The lowest BCUT2D eigenvalue weighted by Gasteiger charge is -2.31. The Morgan fingerprint density at radius 3 is 2.59 bits per heavy atom. The summed E-state index contributed by atoms with van der Waals surface area (Å²) in [6, 6.07) is 0. The molecule has 1 amide bonds. The van der Waals surface area contributed by atoms with Gasteiger partial charge in [0.15, 0.2) is 0 Å². The summed E-state index contributed by atoms with van der Waals surface area (Å²) >= 11 is 0. The van der Waals surface area contributed by atoms with Crippen molar-refractivity contribution in [3.05, 3.63) is 0 Å². The number of hydrogen-bond acceptors (Lipinski definition) is 5. The van der Waals surface area contributed by atoms with Crippen molar-refractivity contribution in [1.29, 1.82) is 0 Å². The molecule has 2 aliphatic heterocycles. The van der Waals surface area contributed by atoms with Crippen molar-refractivity contribution in [2.24, 2.45) is 5.92 Å². The average Bonchev–Trinajstić information content (AvgIpc) is 3.05. The molecular weight excluding hydrogens is 318 g/mol. The third-order valence-electron chi connectivity index (χ3n) is 4.54. The first-order valence-corrected chi connectivity index (χ1v) is 10.7. The van der Waals surface area contributed by atoms with Crippen LogP contribution >= 0.6 is 21.6 Å². The van der Waals surface area contributed by atoms with Gasteiger partial charge < -0.3 is 9.64 Å². The number of amides is 1. The van der Waals surface area contributed by atoms with Gasteiger partial charge in [0.05, 0.1) is 7.11 Å². The summed E-state index contributed by atoms with van der Waals surface area (Å²) in [5, 5.41) is 0.814. The molecule has 126 valence electrons. The third-order valence-corrected chi connectivity index (χ3v) is 7.55. The quantitative estimate of drug-likeness (QED) is 0.401. The van der Waals surface area contributed by atoms with E-state index in [9.17, 15) is 9.59 Å². The first kappa shape index (κ1) is 18.0. The number of carbonyl (C=O) groups excluding carboxylic acids is 2. The Hall–Kier alpha value is -0.360. The summed E-state index contributed by atoms with van der Waals surface area (Å²) in [6.07, 6.45) is 7.81. The van der Waals surface area contributed by atoms with E-state index in [4.69, 9.17) is 4.74 Å². The number of nitrogens with zero attached hydrogens (tertiary/aromatic N) is 1. The maximum absolute atomic E-state index is 12.2. The van der Waals surface area contributed by atoms with Crippen LogP contribution in [0.1, 0.15) is 51.4 Å². The highest BCUT2D eigenvalue weighted by Gasteiger charge is 2.24. The number of rotatable bonds is 7. The molecule has 0 aromatic carbocycles. The van der Waals surface area contributed by atoms with Crippen LogP contribution in [0.5, 0.6) is 0 Å². The van der Waals surface area contributed by atoms with Crippen molar-refractivity contribution < 1.29 is 14.3 Å². The highest BCUT2D eigenvalue weighted by molar-refractivity contribution is 8.77. The fourth-order valence-electron chi connectivity index (χ4n) is 3.08. The number of piperidine rings is 1. The molecule has 2 aliphatic rings. The lowest BCUT2D eigenvalue weighted by atomic mass is 9.93. The Labute approximate surface area is 141 Å².